The number of nitrogens with one attached hydrogen (secondary N) is 1. The standard InChI is InChI=1S/C38H55NO10/c1-5-7-9-12-15-18-30(40)19-16-13-10-11-14-17-20-32(38(46,37(44)45)26-25-34(41)47-3)35(42)39-33(36(43)48-4)28-29-21-23-31(24-22-29)49-27-8-6-2/h17,20-24,32-33,46H,5,7,9-16,18-19,25-28H2,1-4H3,(H,39,42)(H,44,45)/p-1/b20-17+/t32-,33+,38+/m1/s1. The van der Waals surface area contributed by atoms with Crippen LogP contribution >= 0.6 is 0 Å². The van der Waals surface area contributed by atoms with Gasteiger partial charge in [-0.2, -0.15) is 0 Å². The third kappa shape index (κ3) is 17.2. The van der Waals surface area contributed by atoms with Crippen LogP contribution < -0.4 is 15.2 Å². The van der Waals surface area contributed by atoms with E-state index in [4.69, 9.17) is 9.47 Å². The molecule has 0 unspecified atom stereocenters. The van der Waals surface area contributed by atoms with E-state index >= 15 is 0 Å². The SMILES string of the molecule is CC#CCOc1ccc(C[C@H](NC(=O)[C@@H](/C=C/CCCCCCC(=O)CCCCCCC)[C@@](O)(CCC(=O)OC)C(=O)[O-])C(=O)OC)cc1. The molecule has 2 N–H and O–H groups in total. The first kappa shape index (κ1) is 42.9. The van der Waals surface area contributed by atoms with Gasteiger partial charge in [0.2, 0.25) is 5.91 Å². The van der Waals surface area contributed by atoms with E-state index in [-0.39, 0.29) is 18.8 Å². The summed E-state index contributed by atoms with van der Waals surface area (Å²) < 4.78 is 15.0. The summed E-state index contributed by atoms with van der Waals surface area (Å²) in [5.41, 5.74) is -2.14. The number of hydrogen-bond donors (Lipinski definition) is 2. The first-order chi connectivity index (χ1) is 23.5. The van der Waals surface area contributed by atoms with Crippen LogP contribution in [0.3, 0.4) is 0 Å². The fourth-order valence-electron chi connectivity index (χ4n) is 5.21. The predicted molar refractivity (Wildman–Crippen MR) is 183 cm³/mol. The quantitative estimate of drug-likeness (QED) is 0.0626. The molecule has 1 aromatic rings. The van der Waals surface area contributed by atoms with Crippen LogP contribution in [0.2, 0.25) is 0 Å². The maximum atomic E-state index is 13.6. The molecule has 0 heterocycles. The highest BCUT2D eigenvalue weighted by atomic mass is 16.5. The minimum absolute atomic E-state index is 0.00281. The number of amides is 1. The van der Waals surface area contributed by atoms with Crippen LogP contribution in [0.15, 0.2) is 36.4 Å². The number of ketones is 1. The number of benzene rings is 1. The van der Waals surface area contributed by atoms with Gasteiger partial charge in [-0.1, -0.05) is 75.7 Å². The second-order valence-corrected chi connectivity index (χ2v) is 12.0. The zero-order chi connectivity index (χ0) is 36.5. The van der Waals surface area contributed by atoms with Crippen LogP contribution in [0.1, 0.15) is 109 Å². The van der Waals surface area contributed by atoms with E-state index < -0.39 is 54.2 Å². The summed E-state index contributed by atoms with van der Waals surface area (Å²) in [4.78, 5) is 62.5. The van der Waals surface area contributed by atoms with Gasteiger partial charge in [0.05, 0.1) is 26.1 Å². The number of carboxylic acids is 1. The Morgan fingerprint density at radius 2 is 1.55 bits per heavy atom. The topological polar surface area (TPSA) is 168 Å². The van der Waals surface area contributed by atoms with Crippen molar-refractivity contribution in [2.24, 2.45) is 5.92 Å². The molecule has 0 spiro atoms. The Bertz CT molecular complexity index is 1260. The lowest BCUT2D eigenvalue weighted by molar-refractivity contribution is -0.327. The summed E-state index contributed by atoms with van der Waals surface area (Å²) >= 11 is 0. The fourth-order valence-corrected chi connectivity index (χ4v) is 5.21. The van der Waals surface area contributed by atoms with Crippen LogP contribution in [0.4, 0.5) is 0 Å². The monoisotopic (exact) mass is 684 g/mol. The molecular weight excluding hydrogens is 630 g/mol. The van der Waals surface area contributed by atoms with Gasteiger partial charge in [-0.3, -0.25) is 14.4 Å². The number of unbranched alkanes of at least 4 members (excludes halogenated alkanes) is 8. The van der Waals surface area contributed by atoms with Crippen molar-refractivity contribution >= 4 is 29.6 Å². The third-order valence-corrected chi connectivity index (χ3v) is 8.21. The molecule has 0 aliphatic heterocycles. The minimum Gasteiger partial charge on any atom is -0.547 e. The number of ether oxygens (including phenoxy) is 3. The lowest BCUT2D eigenvalue weighted by Gasteiger charge is -2.35. The van der Waals surface area contributed by atoms with E-state index in [1.807, 2.05) is 0 Å². The molecule has 49 heavy (non-hydrogen) atoms. The van der Waals surface area contributed by atoms with Crippen molar-refractivity contribution in [2.45, 2.75) is 122 Å². The number of methoxy groups -OCH3 is 2. The molecule has 0 saturated carbocycles. The number of rotatable bonds is 26. The molecule has 11 heteroatoms. The van der Waals surface area contributed by atoms with E-state index in [1.165, 1.54) is 18.9 Å². The molecule has 272 valence electrons. The van der Waals surface area contributed by atoms with Crippen LogP contribution in [-0.4, -0.2) is 67.2 Å². The van der Waals surface area contributed by atoms with Gasteiger partial charge >= 0.3 is 11.9 Å². The van der Waals surface area contributed by atoms with Crippen LogP contribution in [-0.2, 0) is 39.9 Å². The number of carbonyl (C=O) groups is 5. The molecule has 0 aliphatic rings. The summed E-state index contributed by atoms with van der Waals surface area (Å²) in [6.07, 6.45) is 12.1. The molecule has 1 aromatic carbocycles. The molecule has 0 radical (unpaired) electrons. The highest BCUT2D eigenvalue weighted by Gasteiger charge is 2.42. The second kappa shape index (κ2) is 24.9. The summed E-state index contributed by atoms with van der Waals surface area (Å²) in [7, 11) is 2.27. The van der Waals surface area contributed by atoms with E-state index in [0.29, 0.717) is 37.0 Å². The van der Waals surface area contributed by atoms with Gasteiger partial charge in [-0.25, -0.2) is 4.79 Å². The van der Waals surface area contributed by atoms with E-state index in [9.17, 15) is 34.2 Å². The third-order valence-electron chi connectivity index (χ3n) is 8.21. The van der Waals surface area contributed by atoms with Gasteiger partial charge in [0.25, 0.3) is 0 Å². The van der Waals surface area contributed by atoms with Gasteiger partial charge in [0.1, 0.15) is 29.8 Å². The van der Waals surface area contributed by atoms with Crippen LogP contribution in [0.25, 0.3) is 0 Å². The molecular formula is C38H54NO10-. The van der Waals surface area contributed by atoms with Crippen molar-refractivity contribution < 1.29 is 48.4 Å². The molecule has 3 atom stereocenters. The van der Waals surface area contributed by atoms with Crippen molar-refractivity contribution in [1.29, 1.82) is 0 Å². The normalized spacial score (nSPS) is 13.3. The lowest BCUT2D eigenvalue weighted by atomic mass is 9.81. The summed E-state index contributed by atoms with van der Waals surface area (Å²) in [6, 6.07) is 5.54. The maximum absolute atomic E-state index is 13.6. The van der Waals surface area contributed by atoms with Gasteiger partial charge in [-0.15, -0.1) is 5.92 Å². The number of aliphatic carboxylic acids is 1. The largest absolute Gasteiger partial charge is 0.547 e. The molecule has 1 rings (SSSR count). The Balaban J connectivity index is 2.96. The number of carbonyl (C=O) groups excluding carboxylic acids is 5. The van der Waals surface area contributed by atoms with Crippen molar-refractivity contribution in [3.05, 3.63) is 42.0 Å². The average Bonchev–Trinajstić information content (AvgIpc) is 3.09. The number of esters is 2. The fraction of sp³-hybridized carbons (Fsp3) is 0.605. The average molecular weight is 685 g/mol. The highest BCUT2D eigenvalue weighted by molar-refractivity contribution is 5.92. The van der Waals surface area contributed by atoms with E-state index in [0.717, 1.165) is 52.7 Å². The van der Waals surface area contributed by atoms with Gasteiger partial charge < -0.3 is 34.5 Å². The minimum atomic E-state index is -2.79. The Hall–Kier alpha value is -4.17. The smallest absolute Gasteiger partial charge is 0.328 e. The van der Waals surface area contributed by atoms with Crippen LogP contribution in [0.5, 0.6) is 5.75 Å². The van der Waals surface area contributed by atoms with E-state index in [1.54, 1.807) is 37.3 Å². The molecule has 0 saturated heterocycles. The maximum Gasteiger partial charge on any atom is 0.328 e. The Labute approximate surface area is 291 Å². The number of Topliss-reactive ketones (excluding diaryl/α,β-unsaturated/α-hetero) is 1. The zero-order valence-corrected chi connectivity index (χ0v) is 29.6. The number of allylic oxidation sites excluding steroid dienone is 1. The molecule has 0 aliphatic carbocycles. The molecule has 0 fully saturated rings. The summed E-state index contributed by atoms with van der Waals surface area (Å²) in [6.45, 7) is 4.07. The first-order valence-corrected chi connectivity index (χ1v) is 17.2. The summed E-state index contributed by atoms with van der Waals surface area (Å²) in [5, 5.41) is 26.1. The molecule has 0 aromatic heterocycles. The van der Waals surface area contributed by atoms with Crippen molar-refractivity contribution in [2.75, 3.05) is 20.8 Å². The Kier molecular flexibility index (Phi) is 21.8. The molecule has 0 bridgehead atoms. The number of carboxylic acid groups (broad SMARTS) is 1. The second-order valence-electron chi connectivity index (χ2n) is 12.0. The molecule has 11 nitrogen and oxygen atoms in total. The van der Waals surface area contributed by atoms with Crippen molar-refractivity contribution in [1.82, 2.24) is 5.32 Å². The first-order valence-electron chi connectivity index (χ1n) is 17.2. The summed E-state index contributed by atoms with van der Waals surface area (Å²) in [5.74, 6) is 0.181. The highest BCUT2D eigenvalue weighted by Crippen LogP contribution is 2.26. The Morgan fingerprint density at radius 3 is 2.12 bits per heavy atom. The number of aliphatic hydroxyl groups is 1. The van der Waals surface area contributed by atoms with Gasteiger partial charge in [0.15, 0.2) is 0 Å². The molecule has 1 amide bonds. The lowest BCUT2D eigenvalue weighted by Crippen LogP contribution is -2.59. The van der Waals surface area contributed by atoms with Crippen molar-refractivity contribution in [3.8, 4) is 17.6 Å². The number of hydrogen-bond acceptors (Lipinski definition) is 10. The predicted octanol–water partition coefficient (Wildman–Crippen LogP) is 4.17. The van der Waals surface area contributed by atoms with Gasteiger partial charge in [0, 0.05) is 25.7 Å². The van der Waals surface area contributed by atoms with Crippen LogP contribution in [0, 0.1) is 17.8 Å². The van der Waals surface area contributed by atoms with E-state index in [2.05, 4.69) is 28.8 Å². The van der Waals surface area contributed by atoms with Crippen molar-refractivity contribution in [3.63, 3.8) is 0 Å². The Morgan fingerprint density at radius 1 is 0.918 bits per heavy atom. The van der Waals surface area contributed by atoms with Gasteiger partial charge in [-0.05, 0) is 56.7 Å². The zero-order valence-electron chi connectivity index (χ0n) is 29.6.